The monoisotopic (exact) mass is 394 g/mol. The number of hydrogen-bond donors (Lipinski definition) is 1. The molecule has 0 atom stereocenters. The van der Waals surface area contributed by atoms with Crippen LogP contribution in [0, 0.1) is 14.9 Å². The maximum Gasteiger partial charge on any atom is 0.240 e. The number of aromatic nitrogens is 2. The SMILES string of the molecule is N#Cc1cc(N)c(Oc2ncnc3ccsc23)c(I)c1. The molecule has 98 valence electrons. The summed E-state index contributed by atoms with van der Waals surface area (Å²) in [5.41, 5.74) is 7.70. The lowest BCUT2D eigenvalue weighted by molar-refractivity contribution is 0.468. The number of nitriles is 1. The minimum atomic E-state index is 0.414. The third-order valence-corrected chi connectivity index (χ3v) is 4.30. The molecule has 0 fully saturated rings. The van der Waals surface area contributed by atoms with Crippen LogP contribution in [0.1, 0.15) is 5.56 Å². The summed E-state index contributed by atoms with van der Waals surface area (Å²) in [6, 6.07) is 7.27. The van der Waals surface area contributed by atoms with Crippen molar-refractivity contribution in [3.8, 4) is 17.7 Å². The maximum atomic E-state index is 8.91. The van der Waals surface area contributed by atoms with Gasteiger partial charge in [-0.3, -0.25) is 0 Å². The molecule has 0 aliphatic rings. The highest BCUT2D eigenvalue weighted by Crippen LogP contribution is 2.36. The van der Waals surface area contributed by atoms with Gasteiger partial charge in [0.15, 0.2) is 5.75 Å². The van der Waals surface area contributed by atoms with Crippen LogP contribution in [0.4, 0.5) is 5.69 Å². The van der Waals surface area contributed by atoms with E-state index >= 15 is 0 Å². The summed E-state index contributed by atoms with van der Waals surface area (Å²) in [4.78, 5) is 8.31. The van der Waals surface area contributed by atoms with Gasteiger partial charge in [-0.2, -0.15) is 5.26 Å². The summed E-state index contributed by atoms with van der Waals surface area (Å²) >= 11 is 3.59. The highest BCUT2D eigenvalue weighted by molar-refractivity contribution is 14.1. The van der Waals surface area contributed by atoms with E-state index in [0.29, 0.717) is 22.9 Å². The number of nitrogens with zero attached hydrogens (tertiary/aromatic N) is 3. The topological polar surface area (TPSA) is 84.8 Å². The molecule has 5 nitrogen and oxygen atoms in total. The molecule has 0 radical (unpaired) electrons. The summed E-state index contributed by atoms with van der Waals surface area (Å²) in [6.07, 6.45) is 1.46. The molecule has 0 spiro atoms. The van der Waals surface area contributed by atoms with Crippen LogP contribution < -0.4 is 10.5 Å². The second kappa shape index (κ2) is 5.22. The summed E-state index contributed by atoms with van der Waals surface area (Å²) in [5, 5.41) is 10.8. The van der Waals surface area contributed by atoms with Gasteiger partial charge in [0.25, 0.3) is 0 Å². The lowest BCUT2D eigenvalue weighted by Crippen LogP contribution is -1.97. The van der Waals surface area contributed by atoms with Gasteiger partial charge >= 0.3 is 0 Å². The van der Waals surface area contributed by atoms with Crippen molar-refractivity contribution in [1.82, 2.24) is 9.97 Å². The molecule has 1 aromatic carbocycles. The van der Waals surface area contributed by atoms with Crippen molar-refractivity contribution in [2.75, 3.05) is 5.73 Å². The molecule has 0 aliphatic heterocycles. The number of anilines is 1. The number of thiophene rings is 1. The summed E-state index contributed by atoms with van der Waals surface area (Å²) in [5.74, 6) is 0.984. The van der Waals surface area contributed by atoms with Crippen molar-refractivity contribution >= 4 is 49.8 Å². The number of ether oxygens (including phenoxy) is 1. The van der Waals surface area contributed by atoms with Gasteiger partial charge in [-0.15, -0.1) is 11.3 Å². The predicted octanol–water partition coefficient (Wildman–Crippen LogP) is 3.54. The first kappa shape index (κ1) is 13.1. The lowest BCUT2D eigenvalue weighted by atomic mass is 10.2. The van der Waals surface area contributed by atoms with Crippen molar-refractivity contribution in [2.45, 2.75) is 0 Å². The molecule has 2 aromatic heterocycles. The average Bonchev–Trinajstić information content (AvgIpc) is 2.91. The van der Waals surface area contributed by atoms with Crippen LogP contribution in [0.15, 0.2) is 29.9 Å². The van der Waals surface area contributed by atoms with Crippen molar-refractivity contribution in [1.29, 1.82) is 5.26 Å². The Morgan fingerprint density at radius 1 is 1.35 bits per heavy atom. The Labute approximate surface area is 132 Å². The van der Waals surface area contributed by atoms with Crippen LogP contribution in [0.5, 0.6) is 11.6 Å². The largest absolute Gasteiger partial charge is 0.434 e. The smallest absolute Gasteiger partial charge is 0.240 e. The highest BCUT2D eigenvalue weighted by atomic mass is 127. The van der Waals surface area contributed by atoms with Gasteiger partial charge < -0.3 is 10.5 Å². The molecule has 7 heteroatoms. The molecular formula is C13H7IN4OS. The van der Waals surface area contributed by atoms with E-state index in [2.05, 4.69) is 38.6 Å². The van der Waals surface area contributed by atoms with Gasteiger partial charge in [0.1, 0.15) is 11.0 Å². The first-order valence-corrected chi connectivity index (χ1v) is 7.50. The van der Waals surface area contributed by atoms with Gasteiger partial charge in [-0.25, -0.2) is 9.97 Å². The van der Waals surface area contributed by atoms with Crippen molar-refractivity contribution in [2.24, 2.45) is 0 Å². The number of halogens is 1. The van der Waals surface area contributed by atoms with E-state index in [1.165, 1.54) is 17.7 Å². The van der Waals surface area contributed by atoms with Crippen molar-refractivity contribution in [3.63, 3.8) is 0 Å². The van der Waals surface area contributed by atoms with E-state index in [1.54, 1.807) is 12.1 Å². The van der Waals surface area contributed by atoms with Gasteiger partial charge in [-0.1, -0.05) is 0 Å². The van der Waals surface area contributed by atoms with Crippen LogP contribution in [-0.2, 0) is 0 Å². The van der Waals surface area contributed by atoms with Crippen LogP contribution in [-0.4, -0.2) is 9.97 Å². The van der Waals surface area contributed by atoms with E-state index in [9.17, 15) is 0 Å². The molecule has 0 saturated carbocycles. The summed E-state index contributed by atoms with van der Waals surface area (Å²) < 4.78 is 7.46. The molecule has 3 aromatic rings. The van der Waals surface area contributed by atoms with Crippen LogP contribution in [0.3, 0.4) is 0 Å². The van der Waals surface area contributed by atoms with Gasteiger partial charge in [0, 0.05) is 0 Å². The normalized spacial score (nSPS) is 10.4. The fourth-order valence-electron chi connectivity index (χ4n) is 1.72. The number of nitrogen functional groups attached to an aromatic ring is 1. The molecule has 0 bridgehead atoms. The zero-order chi connectivity index (χ0) is 14.1. The molecule has 3 rings (SSSR count). The quantitative estimate of drug-likeness (QED) is 0.531. The van der Waals surface area contributed by atoms with Crippen LogP contribution >= 0.6 is 33.9 Å². The van der Waals surface area contributed by atoms with Crippen molar-refractivity contribution in [3.05, 3.63) is 39.0 Å². The average molecular weight is 394 g/mol. The number of rotatable bonds is 2. The Bertz CT molecular complexity index is 817. The second-order valence-electron chi connectivity index (χ2n) is 3.90. The molecule has 0 unspecified atom stereocenters. The van der Waals surface area contributed by atoms with E-state index in [4.69, 9.17) is 15.7 Å². The van der Waals surface area contributed by atoms with Crippen molar-refractivity contribution < 1.29 is 4.74 Å². The molecule has 2 N–H and O–H groups in total. The standard InChI is InChI=1S/C13H7IN4OS/c14-8-3-7(5-15)4-9(16)11(8)19-13-12-10(1-2-20-12)17-6-18-13/h1-4,6H,16H2. The Hall–Kier alpha value is -1.92. The van der Waals surface area contributed by atoms with Gasteiger partial charge in [0.05, 0.1) is 26.4 Å². The van der Waals surface area contributed by atoms with Crippen LogP contribution in [0.2, 0.25) is 0 Å². The zero-order valence-corrected chi connectivity index (χ0v) is 13.0. The summed E-state index contributed by atoms with van der Waals surface area (Å²) in [7, 11) is 0. The minimum Gasteiger partial charge on any atom is -0.434 e. The van der Waals surface area contributed by atoms with Gasteiger partial charge in [-0.05, 0) is 46.2 Å². The number of nitrogens with two attached hydrogens (primary N) is 1. The number of hydrogen-bond acceptors (Lipinski definition) is 6. The Kier molecular flexibility index (Phi) is 3.42. The first-order chi connectivity index (χ1) is 9.69. The number of fused-ring (bicyclic) bond motifs is 1. The third kappa shape index (κ3) is 2.28. The van der Waals surface area contributed by atoms with Crippen LogP contribution in [0.25, 0.3) is 10.2 Å². The Morgan fingerprint density at radius 3 is 2.95 bits per heavy atom. The third-order valence-electron chi connectivity index (χ3n) is 2.61. The minimum absolute atomic E-state index is 0.414. The Morgan fingerprint density at radius 2 is 2.20 bits per heavy atom. The van der Waals surface area contributed by atoms with Gasteiger partial charge in [0.2, 0.25) is 5.88 Å². The first-order valence-electron chi connectivity index (χ1n) is 5.54. The zero-order valence-electron chi connectivity index (χ0n) is 10.0. The lowest BCUT2D eigenvalue weighted by Gasteiger charge is -2.10. The molecule has 0 saturated heterocycles. The Balaban J connectivity index is 2.08. The maximum absolute atomic E-state index is 8.91. The molecule has 0 aliphatic carbocycles. The molecule has 2 heterocycles. The number of benzene rings is 1. The van der Waals surface area contributed by atoms with E-state index in [1.807, 2.05) is 11.4 Å². The van der Waals surface area contributed by atoms with E-state index in [-0.39, 0.29) is 0 Å². The van der Waals surface area contributed by atoms with E-state index in [0.717, 1.165) is 13.8 Å². The highest BCUT2D eigenvalue weighted by Gasteiger charge is 2.13. The van der Waals surface area contributed by atoms with E-state index < -0.39 is 0 Å². The summed E-state index contributed by atoms with van der Waals surface area (Å²) in [6.45, 7) is 0. The fourth-order valence-corrected chi connectivity index (χ4v) is 3.25. The second-order valence-corrected chi connectivity index (χ2v) is 5.98. The molecular weight excluding hydrogens is 387 g/mol. The fraction of sp³-hybridized carbons (Fsp3) is 0. The molecule has 0 amide bonds. The molecule has 20 heavy (non-hydrogen) atoms. The predicted molar refractivity (Wildman–Crippen MR) is 85.8 cm³/mol.